The van der Waals surface area contributed by atoms with E-state index >= 15 is 0 Å². The first-order chi connectivity index (χ1) is 15.0. The van der Waals surface area contributed by atoms with Crippen LogP contribution in [0, 0.1) is 5.82 Å². The van der Waals surface area contributed by atoms with Gasteiger partial charge in [-0.15, -0.1) is 0 Å². The van der Waals surface area contributed by atoms with Gasteiger partial charge in [-0.3, -0.25) is 4.90 Å². The van der Waals surface area contributed by atoms with Gasteiger partial charge >= 0.3 is 0 Å². The number of fused-ring (bicyclic) bond motifs is 2. The van der Waals surface area contributed by atoms with Crippen LogP contribution in [0.3, 0.4) is 0 Å². The summed E-state index contributed by atoms with van der Waals surface area (Å²) in [5, 5.41) is 1.81. The van der Waals surface area contributed by atoms with Crippen LogP contribution in [0.1, 0.15) is 11.1 Å². The van der Waals surface area contributed by atoms with Crippen LogP contribution in [-0.4, -0.2) is 32.6 Å². The lowest BCUT2D eigenvalue weighted by Gasteiger charge is -2.20. The maximum atomic E-state index is 13.6. The van der Waals surface area contributed by atoms with Gasteiger partial charge in [-0.2, -0.15) is 0 Å². The molecule has 3 heterocycles. The summed E-state index contributed by atoms with van der Waals surface area (Å²) >= 11 is 18.6. The summed E-state index contributed by atoms with van der Waals surface area (Å²) in [4.78, 5) is 10.2. The Morgan fingerprint density at radius 1 is 1.10 bits per heavy atom. The minimum Gasteiger partial charge on any atom is -0.490 e. The summed E-state index contributed by atoms with van der Waals surface area (Å²) in [5.74, 6) is 0.410. The zero-order valence-electron chi connectivity index (χ0n) is 16.2. The molecule has 0 amide bonds. The number of rotatable bonds is 3. The van der Waals surface area contributed by atoms with Gasteiger partial charge < -0.3 is 9.30 Å². The van der Waals surface area contributed by atoms with Crippen molar-refractivity contribution in [2.45, 2.75) is 13.1 Å². The SMILES string of the molecule is Fc1ccc2c(ccn2-c2cc(Cl)c3c(c2)CN(Cc2cnc(Cl)nc2Cl)CCO3)c1. The normalized spacial score (nSPS) is 14.3. The highest BCUT2D eigenvalue weighted by molar-refractivity contribution is 6.32. The van der Waals surface area contributed by atoms with Crippen LogP contribution >= 0.6 is 34.8 Å². The molecule has 0 radical (unpaired) electrons. The molecule has 31 heavy (non-hydrogen) atoms. The molecule has 0 saturated heterocycles. The molecule has 5 nitrogen and oxygen atoms in total. The molecule has 0 aliphatic carbocycles. The standard InChI is InChI=1S/C22H16Cl3FN4O/c23-18-9-17(30-4-3-13-7-16(26)1-2-19(13)30)8-14-11-29(5-6-31-20(14)18)12-15-10-27-22(25)28-21(15)24/h1-4,7-10H,5-6,11-12H2. The van der Waals surface area contributed by atoms with Gasteiger partial charge in [0.2, 0.25) is 5.28 Å². The molecule has 5 rings (SSSR count). The second kappa shape index (κ2) is 8.28. The molecule has 0 spiro atoms. The summed E-state index contributed by atoms with van der Waals surface area (Å²) in [6.45, 7) is 2.33. The van der Waals surface area contributed by atoms with Gasteiger partial charge in [0, 0.05) is 54.2 Å². The van der Waals surface area contributed by atoms with Crippen molar-refractivity contribution in [2.75, 3.05) is 13.2 Å². The van der Waals surface area contributed by atoms with Crippen LogP contribution in [-0.2, 0) is 13.1 Å². The second-order valence-corrected chi connectivity index (χ2v) is 8.42. The highest BCUT2D eigenvalue weighted by Gasteiger charge is 2.21. The molecule has 0 N–H and O–H groups in total. The Bertz CT molecular complexity index is 1290. The van der Waals surface area contributed by atoms with Gasteiger partial charge in [0.25, 0.3) is 0 Å². The summed E-state index contributed by atoms with van der Waals surface area (Å²) in [5.41, 5.74) is 3.52. The molecule has 0 bridgehead atoms. The molecule has 0 unspecified atom stereocenters. The maximum absolute atomic E-state index is 13.6. The van der Waals surface area contributed by atoms with Gasteiger partial charge in [0.05, 0.1) is 10.5 Å². The highest BCUT2D eigenvalue weighted by Crippen LogP contribution is 2.35. The van der Waals surface area contributed by atoms with Crippen molar-refractivity contribution in [1.82, 2.24) is 19.4 Å². The molecule has 4 aromatic rings. The third kappa shape index (κ3) is 4.08. The van der Waals surface area contributed by atoms with E-state index in [0.29, 0.717) is 42.2 Å². The maximum Gasteiger partial charge on any atom is 0.223 e. The molecular weight excluding hydrogens is 462 g/mol. The number of halogens is 4. The average Bonchev–Trinajstić information content (AvgIpc) is 3.03. The van der Waals surface area contributed by atoms with Crippen molar-refractivity contribution in [3.05, 3.63) is 81.2 Å². The molecule has 158 valence electrons. The molecular formula is C22H16Cl3FN4O. The predicted octanol–water partition coefficient (Wildman–Crippen LogP) is 5.91. The molecule has 0 atom stereocenters. The number of benzene rings is 2. The third-order valence-corrected chi connectivity index (χ3v) is 6.05. The summed E-state index contributed by atoms with van der Waals surface area (Å²) in [6.07, 6.45) is 3.54. The Balaban J connectivity index is 1.49. The number of hydrogen-bond acceptors (Lipinski definition) is 4. The molecule has 0 saturated carbocycles. The summed E-state index contributed by atoms with van der Waals surface area (Å²) in [7, 11) is 0. The van der Waals surface area contributed by atoms with E-state index < -0.39 is 0 Å². The number of nitrogens with zero attached hydrogens (tertiary/aromatic N) is 4. The smallest absolute Gasteiger partial charge is 0.223 e. The highest BCUT2D eigenvalue weighted by atomic mass is 35.5. The summed E-state index contributed by atoms with van der Waals surface area (Å²) in [6, 6.07) is 10.5. The Labute approximate surface area is 192 Å². The topological polar surface area (TPSA) is 43.2 Å². The fourth-order valence-electron chi connectivity index (χ4n) is 3.84. The van der Waals surface area contributed by atoms with Gasteiger partial charge in [0.15, 0.2) is 0 Å². The Hall–Kier alpha value is -2.38. The minimum atomic E-state index is -0.265. The largest absolute Gasteiger partial charge is 0.490 e. The molecule has 0 fully saturated rings. The van der Waals surface area contributed by atoms with Crippen molar-refractivity contribution < 1.29 is 9.13 Å². The first-order valence-electron chi connectivity index (χ1n) is 9.59. The number of hydrogen-bond donors (Lipinski definition) is 0. The zero-order valence-corrected chi connectivity index (χ0v) is 18.4. The second-order valence-electron chi connectivity index (χ2n) is 7.32. The van der Waals surface area contributed by atoms with Crippen LogP contribution in [0.5, 0.6) is 5.75 Å². The lowest BCUT2D eigenvalue weighted by atomic mass is 10.1. The van der Waals surface area contributed by atoms with Crippen LogP contribution in [0.15, 0.2) is 48.8 Å². The Morgan fingerprint density at radius 2 is 1.97 bits per heavy atom. The number of ether oxygens (including phenoxy) is 1. The van der Waals surface area contributed by atoms with Crippen molar-refractivity contribution in [3.63, 3.8) is 0 Å². The fraction of sp³-hybridized carbons (Fsp3) is 0.182. The molecule has 2 aromatic heterocycles. The van der Waals surface area contributed by atoms with E-state index in [4.69, 9.17) is 39.5 Å². The quantitative estimate of drug-likeness (QED) is 0.272. The van der Waals surface area contributed by atoms with Gasteiger partial charge in [0.1, 0.15) is 23.3 Å². The van der Waals surface area contributed by atoms with Crippen LogP contribution in [0.4, 0.5) is 4.39 Å². The Morgan fingerprint density at radius 3 is 2.81 bits per heavy atom. The van der Waals surface area contributed by atoms with E-state index in [1.165, 1.54) is 12.1 Å². The van der Waals surface area contributed by atoms with E-state index in [-0.39, 0.29) is 11.1 Å². The lowest BCUT2D eigenvalue weighted by Crippen LogP contribution is -2.25. The third-order valence-electron chi connectivity index (χ3n) is 5.26. The van der Waals surface area contributed by atoms with E-state index in [1.807, 2.05) is 29.0 Å². The van der Waals surface area contributed by atoms with Crippen LogP contribution < -0.4 is 4.74 Å². The summed E-state index contributed by atoms with van der Waals surface area (Å²) < 4.78 is 21.5. The van der Waals surface area contributed by atoms with E-state index in [2.05, 4.69) is 14.9 Å². The predicted molar refractivity (Wildman–Crippen MR) is 120 cm³/mol. The lowest BCUT2D eigenvalue weighted by molar-refractivity contribution is 0.219. The van der Waals surface area contributed by atoms with Gasteiger partial charge in [-0.1, -0.05) is 23.2 Å². The fourth-order valence-corrected chi connectivity index (χ4v) is 4.49. The zero-order chi connectivity index (χ0) is 21.5. The van der Waals surface area contributed by atoms with Crippen molar-refractivity contribution in [1.29, 1.82) is 0 Å². The average molecular weight is 478 g/mol. The van der Waals surface area contributed by atoms with Crippen molar-refractivity contribution >= 4 is 45.7 Å². The molecule has 9 heteroatoms. The van der Waals surface area contributed by atoms with Crippen molar-refractivity contribution in [3.8, 4) is 11.4 Å². The molecule has 1 aliphatic rings. The van der Waals surface area contributed by atoms with Gasteiger partial charge in [-0.05, 0) is 48.0 Å². The molecule has 1 aliphatic heterocycles. The number of aromatic nitrogens is 3. The van der Waals surface area contributed by atoms with E-state index in [9.17, 15) is 4.39 Å². The van der Waals surface area contributed by atoms with Crippen LogP contribution in [0.2, 0.25) is 15.5 Å². The Kier molecular flexibility index (Phi) is 5.48. The van der Waals surface area contributed by atoms with E-state index in [1.54, 1.807) is 12.3 Å². The first kappa shape index (κ1) is 20.5. The minimum absolute atomic E-state index is 0.119. The first-order valence-corrected chi connectivity index (χ1v) is 10.7. The van der Waals surface area contributed by atoms with Crippen LogP contribution in [0.25, 0.3) is 16.6 Å². The monoisotopic (exact) mass is 476 g/mol. The van der Waals surface area contributed by atoms with Crippen molar-refractivity contribution in [2.24, 2.45) is 0 Å². The van der Waals surface area contributed by atoms with E-state index in [0.717, 1.165) is 27.7 Å². The molecule has 2 aromatic carbocycles. The van der Waals surface area contributed by atoms with Gasteiger partial charge in [-0.25, -0.2) is 14.4 Å².